The van der Waals surface area contributed by atoms with Crippen LogP contribution in [0.5, 0.6) is 0 Å². The summed E-state index contributed by atoms with van der Waals surface area (Å²) in [4.78, 5) is 10.7. The molecule has 0 aliphatic heterocycles. The van der Waals surface area contributed by atoms with Crippen LogP contribution in [0.2, 0.25) is 5.02 Å². The number of nitrogens with one attached hydrogen (secondary N) is 1. The standard InChI is InChI=1S/C12H16ClNO4S/c1-8(7-10-5-3-4-6-11(10)13)14-19(17,18)9(2)12(15)16/h3-6,8-9,14H,7H2,1-2H3,(H,15,16). The van der Waals surface area contributed by atoms with Gasteiger partial charge in [-0.05, 0) is 31.9 Å². The van der Waals surface area contributed by atoms with Crippen molar-refractivity contribution in [3.8, 4) is 0 Å². The molecule has 0 spiro atoms. The second-order valence-corrected chi connectivity index (χ2v) is 6.78. The van der Waals surface area contributed by atoms with Crippen LogP contribution in [-0.4, -0.2) is 30.8 Å². The minimum absolute atomic E-state index is 0.394. The lowest BCUT2D eigenvalue weighted by atomic mass is 10.1. The van der Waals surface area contributed by atoms with Crippen LogP contribution in [0.4, 0.5) is 0 Å². The lowest BCUT2D eigenvalue weighted by Crippen LogP contribution is -2.42. The summed E-state index contributed by atoms with van der Waals surface area (Å²) in [6.45, 7) is 2.79. The minimum atomic E-state index is -3.88. The molecule has 0 heterocycles. The quantitative estimate of drug-likeness (QED) is 0.837. The maximum atomic E-state index is 11.7. The van der Waals surface area contributed by atoms with Gasteiger partial charge >= 0.3 is 5.97 Å². The Hall–Kier alpha value is -1.11. The first kappa shape index (κ1) is 15.9. The van der Waals surface area contributed by atoms with Crippen LogP contribution in [0, 0.1) is 0 Å². The number of carboxylic acid groups (broad SMARTS) is 1. The average molecular weight is 306 g/mol. The third kappa shape index (κ3) is 4.49. The van der Waals surface area contributed by atoms with E-state index in [4.69, 9.17) is 16.7 Å². The number of rotatable bonds is 6. The first-order valence-corrected chi connectivity index (χ1v) is 7.64. The summed E-state index contributed by atoms with van der Waals surface area (Å²) >= 11 is 5.98. The Bertz CT molecular complexity index is 559. The van der Waals surface area contributed by atoms with Crippen molar-refractivity contribution < 1.29 is 18.3 Å². The van der Waals surface area contributed by atoms with Gasteiger partial charge in [-0.3, -0.25) is 4.79 Å². The summed E-state index contributed by atoms with van der Waals surface area (Å²) in [6.07, 6.45) is 0.394. The highest BCUT2D eigenvalue weighted by Gasteiger charge is 2.28. The van der Waals surface area contributed by atoms with Crippen molar-refractivity contribution >= 4 is 27.6 Å². The molecular formula is C12H16ClNO4S. The molecule has 0 bridgehead atoms. The normalized spacial score (nSPS) is 14.9. The molecule has 106 valence electrons. The molecule has 0 saturated heterocycles. The van der Waals surface area contributed by atoms with Crippen molar-refractivity contribution in [1.82, 2.24) is 4.72 Å². The third-order valence-electron chi connectivity index (χ3n) is 2.66. The maximum Gasteiger partial charge on any atom is 0.323 e. The van der Waals surface area contributed by atoms with E-state index in [1.54, 1.807) is 25.1 Å². The Labute approximate surface area is 117 Å². The number of carbonyl (C=O) groups is 1. The molecule has 5 nitrogen and oxygen atoms in total. The van der Waals surface area contributed by atoms with E-state index in [-0.39, 0.29) is 0 Å². The fourth-order valence-corrected chi connectivity index (χ4v) is 2.88. The highest BCUT2D eigenvalue weighted by molar-refractivity contribution is 7.90. The van der Waals surface area contributed by atoms with Gasteiger partial charge in [0.15, 0.2) is 5.25 Å². The van der Waals surface area contributed by atoms with E-state index in [2.05, 4.69) is 4.72 Å². The molecule has 1 aromatic rings. The highest BCUT2D eigenvalue weighted by atomic mass is 35.5. The largest absolute Gasteiger partial charge is 0.480 e. The van der Waals surface area contributed by atoms with Gasteiger partial charge in [-0.1, -0.05) is 29.8 Å². The predicted octanol–water partition coefficient (Wildman–Crippen LogP) is 1.66. The Morgan fingerprint density at radius 2 is 1.95 bits per heavy atom. The second-order valence-electron chi connectivity index (χ2n) is 4.34. The molecule has 0 saturated carbocycles. The van der Waals surface area contributed by atoms with E-state index in [1.165, 1.54) is 0 Å². The first-order chi connectivity index (χ1) is 8.74. The molecule has 2 unspecified atom stereocenters. The summed E-state index contributed by atoms with van der Waals surface area (Å²) in [5, 5.41) is 7.79. The van der Waals surface area contributed by atoms with Gasteiger partial charge in [0, 0.05) is 11.1 Å². The Balaban J connectivity index is 2.74. The van der Waals surface area contributed by atoms with Crippen molar-refractivity contribution in [2.75, 3.05) is 0 Å². The molecular weight excluding hydrogens is 290 g/mol. The summed E-state index contributed by atoms with van der Waals surface area (Å²) in [5.74, 6) is -1.38. The van der Waals surface area contributed by atoms with Crippen molar-refractivity contribution in [3.05, 3.63) is 34.9 Å². The van der Waals surface area contributed by atoms with Gasteiger partial charge in [-0.15, -0.1) is 0 Å². The summed E-state index contributed by atoms with van der Waals surface area (Å²) in [6, 6.07) is 6.67. The van der Waals surface area contributed by atoms with Gasteiger partial charge in [-0.25, -0.2) is 13.1 Å². The second kappa shape index (κ2) is 6.36. The number of aliphatic carboxylic acids is 1. The molecule has 0 amide bonds. The molecule has 0 aliphatic rings. The highest BCUT2D eigenvalue weighted by Crippen LogP contribution is 2.17. The van der Waals surface area contributed by atoms with Crippen LogP contribution in [-0.2, 0) is 21.2 Å². The van der Waals surface area contributed by atoms with Gasteiger partial charge in [0.05, 0.1) is 0 Å². The molecule has 2 N–H and O–H groups in total. The van der Waals surface area contributed by atoms with E-state index >= 15 is 0 Å². The van der Waals surface area contributed by atoms with E-state index in [9.17, 15) is 13.2 Å². The molecule has 0 aliphatic carbocycles. The minimum Gasteiger partial charge on any atom is -0.480 e. The zero-order chi connectivity index (χ0) is 14.6. The molecule has 0 radical (unpaired) electrons. The van der Waals surface area contributed by atoms with Crippen LogP contribution in [0.25, 0.3) is 0 Å². The molecule has 2 atom stereocenters. The molecule has 1 aromatic carbocycles. The average Bonchev–Trinajstić information content (AvgIpc) is 2.30. The Kier molecular flexibility index (Phi) is 5.34. The van der Waals surface area contributed by atoms with Crippen LogP contribution < -0.4 is 4.72 Å². The fourth-order valence-electron chi connectivity index (χ4n) is 1.55. The van der Waals surface area contributed by atoms with Crippen molar-refractivity contribution in [1.29, 1.82) is 0 Å². The number of benzene rings is 1. The van der Waals surface area contributed by atoms with Crippen molar-refractivity contribution in [2.45, 2.75) is 31.6 Å². The van der Waals surface area contributed by atoms with E-state index in [0.29, 0.717) is 11.4 Å². The summed E-state index contributed by atoms with van der Waals surface area (Å²) in [7, 11) is -3.88. The van der Waals surface area contributed by atoms with Crippen LogP contribution >= 0.6 is 11.6 Å². The number of hydrogen-bond acceptors (Lipinski definition) is 3. The van der Waals surface area contributed by atoms with Crippen molar-refractivity contribution in [2.24, 2.45) is 0 Å². The van der Waals surface area contributed by atoms with Crippen LogP contribution in [0.3, 0.4) is 0 Å². The number of sulfonamides is 1. The number of hydrogen-bond donors (Lipinski definition) is 2. The van der Waals surface area contributed by atoms with Crippen molar-refractivity contribution in [3.63, 3.8) is 0 Å². The number of carboxylic acids is 1. The molecule has 0 aromatic heterocycles. The topological polar surface area (TPSA) is 83.5 Å². The van der Waals surface area contributed by atoms with Gasteiger partial charge in [-0.2, -0.15) is 0 Å². The molecule has 0 fully saturated rings. The SMILES string of the molecule is CC(Cc1ccccc1Cl)NS(=O)(=O)C(C)C(=O)O. The first-order valence-electron chi connectivity index (χ1n) is 5.71. The smallest absolute Gasteiger partial charge is 0.323 e. The molecule has 7 heteroatoms. The maximum absolute atomic E-state index is 11.7. The van der Waals surface area contributed by atoms with Gasteiger partial charge in [0.2, 0.25) is 10.0 Å². The summed E-state index contributed by atoms with van der Waals surface area (Å²) < 4.78 is 25.8. The van der Waals surface area contributed by atoms with E-state index in [0.717, 1.165) is 12.5 Å². The third-order valence-corrected chi connectivity index (χ3v) is 4.89. The lowest BCUT2D eigenvalue weighted by Gasteiger charge is -2.17. The molecule has 1 rings (SSSR count). The van der Waals surface area contributed by atoms with E-state index < -0.39 is 27.3 Å². The summed E-state index contributed by atoms with van der Waals surface area (Å²) in [5.41, 5.74) is 0.808. The molecule has 19 heavy (non-hydrogen) atoms. The lowest BCUT2D eigenvalue weighted by molar-refractivity contribution is -0.136. The van der Waals surface area contributed by atoms with Gasteiger partial charge < -0.3 is 5.11 Å². The van der Waals surface area contributed by atoms with Gasteiger partial charge in [0.1, 0.15) is 0 Å². The Morgan fingerprint density at radius 1 is 1.37 bits per heavy atom. The van der Waals surface area contributed by atoms with Gasteiger partial charge in [0.25, 0.3) is 0 Å². The monoisotopic (exact) mass is 305 g/mol. The van der Waals surface area contributed by atoms with Crippen LogP contribution in [0.1, 0.15) is 19.4 Å². The zero-order valence-corrected chi connectivity index (χ0v) is 12.2. The zero-order valence-electron chi connectivity index (χ0n) is 10.6. The fraction of sp³-hybridized carbons (Fsp3) is 0.417. The predicted molar refractivity (Wildman–Crippen MR) is 73.8 cm³/mol. The number of halogens is 1. The van der Waals surface area contributed by atoms with Crippen LogP contribution in [0.15, 0.2) is 24.3 Å². The Morgan fingerprint density at radius 3 is 2.47 bits per heavy atom. The van der Waals surface area contributed by atoms with E-state index in [1.807, 2.05) is 6.07 Å².